The van der Waals surface area contributed by atoms with Gasteiger partial charge in [-0.05, 0) is 19.1 Å². The van der Waals surface area contributed by atoms with Crippen LogP contribution in [0.5, 0.6) is 0 Å². The zero-order valence-electron chi connectivity index (χ0n) is 11.8. The van der Waals surface area contributed by atoms with Crippen LogP contribution in [-0.4, -0.2) is 47.2 Å². The van der Waals surface area contributed by atoms with Crippen molar-refractivity contribution in [1.29, 1.82) is 0 Å². The molecule has 1 rings (SSSR count). The zero-order chi connectivity index (χ0) is 15.9. The molecule has 0 aliphatic carbocycles. The number of hydrogen-bond donors (Lipinski definition) is 3. The lowest BCUT2D eigenvalue weighted by molar-refractivity contribution is 0.179. The molecule has 0 spiro atoms. The third kappa shape index (κ3) is 6.62. The van der Waals surface area contributed by atoms with E-state index in [0.29, 0.717) is 10.9 Å². The predicted molar refractivity (Wildman–Crippen MR) is 85.5 cm³/mol. The van der Waals surface area contributed by atoms with Gasteiger partial charge in [-0.15, -0.1) is 11.3 Å². The standard InChI is InChI=1S/C11H19ClN4O3S2/c1-8(7-19-2)16-11(13)14-5-6-15-21(17,18)10-4-3-9(12)20-10/h3-4,8,15H,5-7H2,1-2H3,(H3,13,14,16). The van der Waals surface area contributed by atoms with Gasteiger partial charge in [0, 0.05) is 19.7 Å². The van der Waals surface area contributed by atoms with Gasteiger partial charge in [-0.25, -0.2) is 13.1 Å². The number of thiophene rings is 1. The van der Waals surface area contributed by atoms with Gasteiger partial charge in [-0.3, -0.25) is 4.99 Å². The van der Waals surface area contributed by atoms with Crippen LogP contribution >= 0.6 is 22.9 Å². The Morgan fingerprint density at radius 2 is 2.29 bits per heavy atom. The molecule has 0 saturated heterocycles. The first kappa shape index (κ1) is 18.2. The SMILES string of the molecule is COCC(C)NC(N)=NCCNS(=O)(=O)c1ccc(Cl)s1. The molecule has 0 bridgehead atoms. The second-order valence-corrected chi connectivity index (χ2v) is 7.93. The molecule has 7 nitrogen and oxygen atoms in total. The number of methoxy groups -OCH3 is 1. The Hall–Kier alpha value is -0.870. The van der Waals surface area contributed by atoms with E-state index in [9.17, 15) is 8.42 Å². The third-order valence-electron chi connectivity index (χ3n) is 2.31. The van der Waals surface area contributed by atoms with E-state index < -0.39 is 10.0 Å². The Kier molecular flexibility index (Phi) is 7.40. The quantitative estimate of drug-likeness (QED) is 0.360. The number of aliphatic imine (C=N–C) groups is 1. The topological polar surface area (TPSA) is 106 Å². The molecule has 1 aromatic heterocycles. The molecule has 0 amide bonds. The smallest absolute Gasteiger partial charge is 0.250 e. The monoisotopic (exact) mass is 354 g/mol. The van der Waals surface area contributed by atoms with Crippen LogP contribution in [0.1, 0.15) is 6.92 Å². The second-order valence-electron chi connectivity index (χ2n) is 4.22. The van der Waals surface area contributed by atoms with E-state index in [1.165, 1.54) is 12.1 Å². The molecule has 4 N–H and O–H groups in total. The molecule has 0 radical (unpaired) electrons. The molecule has 0 saturated carbocycles. The van der Waals surface area contributed by atoms with Gasteiger partial charge < -0.3 is 15.8 Å². The number of halogens is 1. The summed E-state index contributed by atoms with van der Waals surface area (Å²) in [5, 5.41) is 2.92. The van der Waals surface area contributed by atoms with Crippen molar-refractivity contribution in [3.63, 3.8) is 0 Å². The van der Waals surface area contributed by atoms with Crippen molar-refractivity contribution in [2.24, 2.45) is 10.7 Å². The summed E-state index contributed by atoms with van der Waals surface area (Å²) in [5.74, 6) is 0.248. The van der Waals surface area contributed by atoms with Gasteiger partial charge in [0.15, 0.2) is 5.96 Å². The number of hydrogen-bond acceptors (Lipinski definition) is 5. The van der Waals surface area contributed by atoms with Gasteiger partial charge in [-0.2, -0.15) is 0 Å². The van der Waals surface area contributed by atoms with Crippen LogP contribution in [0, 0.1) is 0 Å². The summed E-state index contributed by atoms with van der Waals surface area (Å²) in [5.41, 5.74) is 5.66. The van der Waals surface area contributed by atoms with Crippen LogP contribution in [0.4, 0.5) is 0 Å². The average Bonchev–Trinajstić information content (AvgIpc) is 2.82. The fraction of sp³-hybridized carbons (Fsp3) is 0.545. The Bertz CT molecular complexity index is 574. The minimum atomic E-state index is -3.54. The highest BCUT2D eigenvalue weighted by Crippen LogP contribution is 2.25. The summed E-state index contributed by atoms with van der Waals surface area (Å²) in [6.07, 6.45) is 0. The highest BCUT2D eigenvalue weighted by Gasteiger charge is 2.15. The molecule has 0 fully saturated rings. The van der Waals surface area contributed by atoms with Crippen molar-refractivity contribution in [2.45, 2.75) is 17.2 Å². The van der Waals surface area contributed by atoms with Crippen LogP contribution in [0.3, 0.4) is 0 Å². The van der Waals surface area contributed by atoms with Gasteiger partial charge in [0.1, 0.15) is 4.21 Å². The first-order chi connectivity index (χ1) is 9.85. The summed E-state index contributed by atoms with van der Waals surface area (Å²) in [4.78, 5) is 4.03. The van der Waals surface area contributed by atoms with Gasteiger partial charge in [0.25, 0.3) is 0 Å². The van der Waals surface area contributed by atoms with E-state index in [1.54, 1.807) is 7.11 Å². The first-order valence-corrected chi connectivity index (χ1v) is 8.83. The largest absolute Gasteiger partial charge is 0.383 e. The number of guanidine groups is 1. The molecule has 1 unspecified atom stereocenters. The highest BCUT2D eigenvalue weighted by molar-refractivity contribution is 7.91. The first-order valence-electron chi connectivity index (χ1n) is 6.15. The lowest BCUT2D eigenvalue weighted by Crippen LogP contribution is -2.41. The van der Waals surface area contributed by atoms with E-state index in [0.717, 1.165) is 11.3 Å². The summed E-state index contributed by atoms with van der Waals surface area (Å²) >= 11 is 6.71. The molecular formula is C11H19ClN4O3S2. The summed E-state index contributed by atoms with van der Waals surface area (Å²) in [6.45, 7) is 2.78. The molecule has 10 heteroatoms. The molecule has 1 atom stereocenters. The van der Waals surface area contributed by atoms with Gasteiger partial charge in [0.2, 0.25) is 10.0 Å². The van der Waals surface area contributed by atoms with Crippen molar-refractivity contribution < 1.29 is 13.2 Å². The fourth-order valence-electron chi connectivity index (χ4n) is 1.46. The molecule has 0 aliphatic rings. The van der Waals surface area contributed by atoms with E-state index in [-0.39, 0.29) is 29.3 Å². The molecule has 120 valence electrons. The van der Waals surface area contributed by atoms with Gasteiger partial charge >= 0.3 is 0 Å². The summed E-state index contributed by atoms with van der Waals surface area (Å²) in [7, 11) is -1.94. The van der Waals surface area contributed by atoms with E-state index in [4.69, 9.17) is 22.1 Å². The number of rotatable bonds is 8. The Morgan fingerprint density at radius 1 is 1.57 bits per heavy atom. The number of nitrogens with zero attached hydrogens (tertiary/aromatic N) is 1. The maximum Gasteiger partial charge on any atom is 0.250 e. The molecule has 0 aliphatic heterocycles. The predicted octanol–water partition coefficient (Wildman–Crippen LogP) is 0.619. The van der Waals surface area contributed by atoms with Gasteiger partial charge in [-0.1, -0.05) is 11.6 Å². The molecule has 1 aromatic rings. The number of nitrogens with two attached hydrogens (primary N) is 1. The zero-order valence-corrected chi connectivity index (χ0v) is 14.2. The van der Waals surface area contributed by atoms with Crippen LogP contribution in [0.25, 0.3) is 0 Å². The minimum Gasteiger partial charge on any atom is -0.383 e. The fourth-order valence-corrected chi connectivity index (χ4v) is 4.01. The highest BCUT2D eigenvalue weighted by atomic mass is 35.5. The van der Waals surface area contributed by atoms with Crippen molar-refractivity contribution in [1.82, 2.24) is 10.0 Å². The lowest BCUT2D eigenvalue weighted by Gasteiger charge is -2.13. The maximum absolute atomic E-state index is 11.9. The average molecular weight is 355 g/mol. The summed E-state index contributed by atoms with van der Waals surface area (Å²) < 4.78 is 31.7. The Morgan fingerprint density at radius 3 is 2.86 bits per heavy atom. The number of nitrogens with one attached hydrogen (secondary N) is 2. The molecular weight excluding hydrogens is 336 g/mol. The Labute approximate surface area is 133 Å². The van der Waals surface area contributed by atoms with Gasteiger partial charge in [0.05, 0.1) is 17.5 Å². The number of ether oxygens (including phenoxy) is 1. The summed E-state index contributed by atoms with van der Waals surface area (Å²) in [6, 6.07) is 3.03. The maximum atomic E-state index is 11.9. The lowest BCUT2D eigenvalue weighted by atomic mass is 10.4. The Balaban J connectivity index is 2.39. The molecule has 21 heavy (non-hydrogen) atoms. The van der Waals surface area contributed by atoms with Crippen LogP contribution in [-0.2, 0) is 14.8 Å². The molecule has 0 aromatic carbocycles. The van der Waals surface area contributed by atoms with Crippen LogP contribution in [0.15, 0.2) is 21.3 Å². The second kappa shape index (κ2) is 8.54. The molecule has 1 heterocycles. The van der Waals surface area contributed by atoms with Crippen molar-refractivity contribution in [3.05, 3.63) is 16.5 Å². The normalized spacial score (nSPS) is 14.1. The van der Waals surface area contributed by atoms with Crippen LogP contribution in [0.2, 0.25) is 4.34 Å². The van der Waals surface area contributed by atoms with Crippen molar-refractivity contribution >= 4 is 38.9 Å². The van der Waals surface area contributed by atoms with E-state index in [1.807, 2.05) is 6.92 Å². The third-order valence-corrected chi connectivity index (χ3v) is 5.49. The van der Waals surface area contributed by atoms with Crippen molar-refractivity contribution in [2.75, 3.05) is 26.8 Å². The minimum absolute atomic E-state index is 0.0312. The van der Waals surface area contributed by atoms with E-state index in [2.05, 4.69) is 15.0 Å². The van der Waals surface area contributed by atoms with E-state index >= 15 is 0 Å². The number of sulfonamides is 1. The van der Waals surface area contributed by atoms with Crippen LogP contribution < -0.4 is 15.8 Å². The van der Waals surface area contributed by atoms with Crippen molar-refractivity contribution in [3.8, 4) is 0 Å².